The second kappa shape index (κ2) is 6.64. The van der Waals surface area contributed by atoms with Crippen LogP contribution < -0.4 is 5.73 Å². The van der Waals surface area contributed by atoms with E-state index in [1.54, 1.807) is 12.1 Å². The summed E-state index contributed by atoms with van der Waals surface area (Å²) in [4.78, 5) is 14.4. The molecule has 0 radical (unpaired) electrons. The van der Waals surface area contributed by atoms with Crippen LogP contribution in [0.15, 0.2) is 24.3 Å². The van der Waals surface area contributed by atoms with Gasteiger partial charge in [-0.1, -0.05) is 12.8 Å². The van der Waals surface area contributed by atoms with Gasteiger partial charge < -0.3 is 10.6 Å². The van der Waals surface area contributed by atoms with Crippen molar-refractivity contribution in [1.82, 2.24) is 4.90 Å². The molecule has 1 aliphatic rings. The number of halogens is 1. The maximum absolute atomic E-state index is 12.4. The number of carbonyl (C=O) groups excluding carboxylic acids is 1. The van der Waals surface area contributed by atoms with E-state index in [0.717, 1.165) is 24.9 Å². The fraction of sp³-hybridized carbons (Fsp3) is 0.500. The first kappa shape index (κ1) is 14.8. The molecule has 0 spiro atoms. The topological polar surface area (TPSA) is 46.3 Å². The highest BCUT2D eigenvalue weighted by molar-refractivity contribution is 5.94. The van der Waals surface area contributed by atoms with E-state index in [1.807, 2.05) is 24.0 Å². The van der Waals surface area contributed by atoms with Gasteiger partial charge in [0.15, 0.2) is 0 Å². The SMILES string of the molecule is CCN(C(=O)c1ccc(N)cc1)C1CCCC1.Cl. The Labute approximate surface area is 115 Å². The standard InChI is InChI=1S/C14H20N2O.ClH/c1-2-16(13-5-3-4-6-13)14(17)11-7-9-12(15)10-8-11;/h7-10,13H,2-6,15H2,1H3;1H. The van der Waals surface area contributed by atoms with Crippen LogP contribution in [0, 0.1) is 0 Å². The van der Waals surface area contributed by atoms with Gasteiger partial charge in [-0.3, -0.25) is 4.79 Å². The maximum atomic E-state index is 12.4. The van der Waals surface area contributed by atoms with Crippen LogP contribution in [0.4, 0.5) is 5.69 Å². The van der Waals surface area contributed by atoms with E-state index >= 15 is 0 Å². The van der Waals surface area contributed by atoms with Crippen LogP contribution >= 0.6 is 12.4 Å². The van der Waals surface area contributed by atoms with Crippen LogP contribution in [0.3, 0.4) is 0 Å². The van der Waals surface area contributed by atoms with Crippen LogP contribution in [-0.2, 0) is 0 Å². The normalized spacial score (nSPS) is 15.2. The highest BCUT2D eigenvalue weighted by atomic mass is 35.5. The maximum Gasteiger partial charge on any atom is 0.254 e. The van der Waals surface area contributed by atoms with Crippen molar-refractivity contribution < 1.29 is 4.79 Å². The Morgan fingerprint density at radius 3 is 2.33 bits per heavy atom. The lowest BCUT2D eigenvalue weighted by atomic mass is 10.1. The summed E-state index contributed by atoms with van der Waals surface area (Å²) in [5, 5.41) is 0. The van der Waals surface area contributed by atoms with E-state index in [1.165, 1.54) is 12.8 Å². The minimum atomic E-state index is 0. The largest absolute Gasteiger partial charge is 0.399 e. The summed E-state index contributed by atoms with van der Waals surface area (Å²) in [6.45, 7) is 2.83. The fourth-order valence-electron chi connectivity index (χ4n) is 2.58. The quantitative estimate of drug-likeness (QED) is 0.857. The van der Waals surface area contributed by atoms with Crippen molar-refractivity contribution >= 4 is 24.0 Å². The molecular formula is C14H21ClN2O. The zero-order valence-corrected chi connectivity index (χ0v) is 11.6. The Morgan fingerprint density at radius 2 is 1.83 bits per heavy atom. The van der Waals surface area contributed by atoms with E-state index < -0.39 is 0 Å². The molecule has 1 fully saturated rings. The number of rotatable bonds is 3. The van der Waals surface area contributed by atoms with Crippen molar-refractivity contribution in [3.63, 3.8) is 0 Å². The van der Waals surface area contributed by atoms with Crippen LogP contribution in [0.25, 0.3) is 0 Å². The van der Waals surface area contributed by atoms with Gasteiger partial charge in [-0.25, -0.2) is 0 Å². The van der Waals surface area contributed by atoms with Gasteiger partial charge >= 0.3 is 0 Å². The first-order valence-electron chi connectivity index (χ1n) is 6.39. The van der Waals surface area contributed by atoms with E-state index in [4.69, 9.17) is 5.73 Å². The number of nitrogens with zero attached hydrogens (tertiary/aromatic N) is 1. The van der Waals surface area contributed by atoms with Crippen LogP contribution in [0.5, 0.6) is 0 Å². The minimum absolute atomic E-state index is 0. The van der Waals surface area contributed by atoms with E-state index in [2.05, 4.69) is 0 Å². The van der Waals surface area contributed by atoms with E-state index in [9.17, 15) is 4.79 Å². The lowest BCUT2D eigenvalue weighted by Crippen LogP contribution is -2.38. The summed E-state index contributed by atoms with van der Waals surface area (Å²) in [5.41, 5.74) is 7.08. The number of benzene rings is 1. The summed E-state index contributed by atoms with van der Waals surface area (Å²) in [6.07, 6.45) is 4.79. The third-order valence-corrected chi connectivity index (χ3v) is 3.52. The molecule has 0 atom stereocenters. The van der Waals surface area contributed by atoms with Crippen molar-refractivity contribution in [2.75, 3.05) is 12.3 Å². The molecule has 18 heavy (non-hydrogen) atoms. The Kier molecular flexibility index (Phi) is 5.48. The second-order valence-electron chi connectivity index (χ2n) is 4.65. The molecule has 1 aromatic carbocycles. The molecule has 1 aliphatic carbocycles. The predicted molar refractivity (Wildman–Crippen MR) is 77.1 cm³/mol. The minimum Gasteiger partial charge on any atom is -0.399 e. The molecule has 2 rings (SSSR count). The first-order valence-corrected chi connectivity index (χ1v) is 6.39. The molecule has 1 amide bonds. The van der Waals surface area contributed by atoms with E-state index in [0.29, 0.717) is 11.7 Å². The highest BCUT2D eigenvalue weighted by Gasteiger charge is 2.25. The van der Waals surface area contributed by atoms with Crippen LogP contribution in [-0.4, -0.2) is 23.4 Å². The third kappa shape index (κ3) is 3.16. The smallest absolute Gasteiger partial charge is 0.254 e. The Morgan fingerprint density at radius 1 is 1.28 bits per heavy atom. The summed E-state index contributed by atoms with van der Waals surface area (Å²) < 4.78 is 0. The van der Waals surface area contributed by atoms with Crippen LogP contribution in [0.2, 0.25) is 0 Å². The number of amides is 1. The van der Waals surface area contributed by atoms with E-state index in [-0.39, 0.29) is 18.3 Å². The average molecular weight is 269 g/mol. The van der Waals surface area contributed by atoms with Gasteiger partial charge in [-0.2, -0.15) is 0 Å². The summed E-state index contributed by atoms with van der Waals surface area (Å²) in [6, 6.07) is 7.64. The average Bonchev–Trinajstić information content (AvgIpc) is 2.84. The lowest BCUT2D eigenvalue weighted by Gasteiger charge is -2.27. The number of hydrogen-bond donors (Lipinski definition) is 1. The summed E-state index contributed by atoms with van der Waals surface area (Å²) in [7, 11) is 0. The van der Waals surface area contributed by atoms with Gasteiger partial charge in [0.1, 0.15) is 0 Å². The third-order valence-electron chi connectivity index (χ3n) is 3.52. The Hall–Kier alpha value is -1.22. The highest BCUT2D eigenvalue weighted by Crippen LogP contribution is 2.24. The Balaban J connectivity index is 0.00000162. The molecule has 0 bridgehead atoms. The molecule has 4 heteroatoms. The van der Waals surface area contributed by atoms with Gasteiger partial charge in [-0.05, 0) is 44.0 Å². The molecule has 1 aromatic rings. The molecular weight excluding hydrogens is 248 g/mol. The molecule has 1 saturated carbocycles. The van der Waals surface area contributed by atoms with Crippen LogP contribution in [0.1, 0.15) is 43.0 Å². The Bertz CT molecular complexity index is 385. The fourth-order valence-corrected chi connectivity index (χ4v) is 2.58. The molecule has 0 unspecified atom stereocenters. The van der Waals surface area contributed by atoms with Gasteiger partial charge in [0.25, 0.3) is 5.91 Å². The first-order chi connectivity index (χ1) is 8.22. The second-order valence-corrected chi connectivity index (χ2v) is 4.65. The monoisotopic (exact) mass is 268 g/mol. The molecule has 0 saturated heterocycles. The number of anilines is 1. The lowest BCUT2D eigenvalue weighted by molar-refractivity contribution is 0.0693. The zero-order chi connectivity index (χ0) is 12.3. The summed E-state index contributed by atoms with van der Waals surface area (Å²) in [5.74, 6) is 0.138. The van der Waals surface area contributed by atoms with Crippen molar-refractivity contribution in [1.29, 1.82) is 0 Å². The number of nitrogen functional groups attached to an aromatic ring is 1. The molecule has 2 N–H and O–H groups in total. The van der Waals surface area contributed by atoms with Crippen molar-refractivity contribution in [2.45, 2.75) is 38.6 Å². The predicted octanol–water partition coefficient (Wildman–Crippen LogP) is 3.10. The van der Waals surface area contributed by atoms with Gasteiger partial charge in [-0.15, -0.1) is 12.4 Å². The van der Waals surface area contributed by atoms with Gasteiger partial charge in [0, 0.05) is 23.8 Å². The van der Waals surface area contributed by atoms with Crippen molar-refractivity contribution in [2.24, 2.45) is 0 Å². The number of carbonyl (C=O) groups is 1. The van der Waals surface area contributed by atoms with Gasteiger partial charge in [0.05, 0.1) is 0 Å². The zero-order valence-electron chi connectivity index (χ0n) is 10.8. The molecule has 0 aromatic heterocycles. The molecule has 0 aliphatic heterocycles. The number of hydrogen-bond acceptors (Lipinski definition) is 2. The molecule has 3 nitrogen and oxygen atoms in total. The summed E-state index contributed by atoms with van der Waals surface area (Å²) >= 11 is 0. The van der Waals surface area contributed by atoms with Gasteiger partial charge in [0.2, 0.25) is 0 Å². The molecule has 100 valence electrons. The van der Waals surface area contributed by atoms with Crippen molar-refractivity contribution in [3.8, 4) is 0 Å². The number of nitrogens with two attached hydrogens (primary N) is 1. The van der Waals surface area contributed by atoms with Crippen molar-refractivity contribution in [3.05, 3.63) is 29.8 Å². The molecule has 0 heterocycles.